The van der Waals surface area contributed by atoms with E-state index in [0.29, 0.717) is 0 Å². The van der Waals surface area contributed by atoms with Crippen molar-refractivity contribution in [2.24, 2.45) is 0 Å². The van der Waals surface area contributed by atoms with Crippen LogP contribution in [0.2, 0.25) is 0 Å². The van der Waals surface area contributed by atoms with Crippen LogP contribution in [-0.2, 0) is 11.2 Å². The standard InChI is InChI=1S/C8H5BrF2N2O4/c9-6-3(2-5(14)15)1-4(13(16)17)12-7(6)8(10)11/h1,8H,2H2,(H,14,15). The van der Waals surface area contributed by atoms with Gasteiger partial charge in [0, 0.05) is 6.07 Å². The average Bonchev–Trinajstić information content (AvgIpc) is 2.19. The van der Waals surface area contributed by atoms with Crippen LogP contribution in [0.15, 0.2) is 10.5 Å². The van der Waals surface area contributed by atoms with Gasteiger partial charge in [-0.15, -0.1) is 0 Å². The molecule has 0 fully saturated rings. The Morgan fingerprint density at radius 1 is 1.65 bits per heavy atom. The van der Waals surface area contributed by atoms with E-state index in [1.165, 1.54) is 0 Å². The molecule has 0 aliphatic heterocycles. The Morgan fingerprint density at radius 2 is 2.24 bits per heavy atom. The van der Waals surface area contributed by atoms with E-state index >= 15 is 0 Å². The largest absolute Gasteiger partial charge is 0.481 e. The second kappa shape index (κ2) is 5.13. The zero-order valence-electron chi connectivity index (χ0n) is 8.06. The van der Waals surface area contributed by atoms with E-state index in [1.54, 1.807) is 0 Å². The van der Waals surface area contributed by atoms with Gasteiger partial charge >= 0.3 is 18.2 Å². The van der Waals surface area contributed by atoms with Gasteiger partial charge in [-0.2, -0.15) is 0 Å². The van der Waals surface area contributed by atoms with Gasteiger partial charge in [-0.3, -0.25) is 4.79 Å². The smallest absolute Gasteiger partial charge is 0.364 e. The summed E-state index contributed by atoms with van der Waals surface area (Å²) < 4.78 is 24.8. The fourth-order valence-electron chi connectivity index (χ4n) is 1.12. The number of hydrogen-bond donors (Lipinski definition) is 1. The summed E-state index contributed by atoms with van der Waals surface area (Å²) in [5.41, 5.74) is -0.954. The molecule has 0 aromatic carbocycles. The highest BCUT2D eigenvalue weighted by Gasteiger charge is 2.26. The molecule has 0 amide bonds. The number of aromatic nitrogens is 1. The first kappa shape index (κ1) is 13.4. The number of halogens is 3. The Balaban J connectivity index is 3.37. The molecule has 0 atom stereocenters. The second-order valence-corrected chi connectivity index (χ2v) is 3.76. The molecule has 0 spiro atoms. The zero-order valence-corrected chi connectivity index (χ0v) is 9.65. The number of carboxylic acid groups (broad SMARTS) is 1. The maximum Gasteiger partial charge on any atom is 0.364 e. The highest BCUT2D eigenvalue weighted by atomic mass is 79.9. The summed E-state index contributed by atoms with van der Waals surface area (Å²) in [6.45, 7) is 0. The lowest BCUT2D eigenvalue weighted by atomic mass is 10.1. The molecule has 1 N–H and O–H groups in total. The summed E-state index contributed by atoms with van der Waals surface area (Å²) in [6, 6.07) is 0.851. The van der Waals surface area contributed by atoms with Crippen LogP contribution in [0.4, 0.5) is 14.6 Å². The Morgan fingerprint density at radius 3 is 2.65 bits per heavy atom. The van der Waals surface area contributed by atoms with Crippen molar-refractivity contribution in [2.75, 3.05) is 0 Å². The second-order valence-electron chi connectivity index (χ2n) is 2.97. The van der Waals surface area contributed by atoms with Gasteiger partial charge < -0.3 is 15.2 Å². The maximum atomic E-state index is 12.5. The zero-order chi connectivity index (χ0) is 13.2. The summed E-state index contributed by atoms with van der Waals surface area (Å²) in [5.74, 6) is -2.09. The van der Waals surface area contributed by atoms with Crippen molar-refractivity contribution in [1.29, 1.82) is 0 Å². The molecule has 0 radical (unpaired) electrons. The molecule has 0 bridgehead atoms. The molecular weight excluding hydrogens is 306 g/mol. The number of nitrogens with zero attached hydrogens (tertiary/aromatic N) is 2. The van der Waals surface area contributed by atoms with E-state index in [2.05, 4.69) is 20.9 Å². The SMILES string of the molecule is O=C(O)Cc1cc([N+](=O)[O-])nc(C(F)F)c1Br. The van der Waals surface area contributed by atoms with E-state index in [-0.39, 0.29) is 10.0 Å². The minimum atomic E-state index is -3.03. The summed E-state index contributed by atoms with van der Waals surface area (Å²) in [4.78, 5) is 23.1. The van der Waals surface area contributed by atoms with Crippen LogP contribution in [-0.4, -0.2) is 21.0 Å². The molecule has 1 rings (SSSR count). The predicted octanol–water partition coefficient (Wildman–Crippen LogP) is 2.32. The van der Waals surface area contributed by atoms with Gasteiger partial charge in [0.05, 0.1) is 10.9 Å². The number of carbonyl (C=O) groups is 1. The van der Waals surface area contributed by atoms with Gasteiger partial charge in [-0.1, -0.05) is 0 Å². The molecule has 1 aromatic rings. The molecule has 1 heterocycles. The Labute approximate surface area is 102 Å². The molecular formula is C8H5BrF2N2O4. The van der Waals surface area contributed by atoms with Gasteiger partial charge in [0.2, 0.25) is 5.69 Å². The third-order valence-electron chi connectivity index (χ3n) is 1.78. The third kappa shape index (κ3) is 3.16. The number of carboxylic acids is 1. The van der Waals surface area contributed by atoms with Gasteiger partial charge in [0.1, 0.15) is 0 Å². The summed E-state index contributed by atoms with van der Waals surface area (Å²) >= 11 is 2.77. The van der Waals surface area contributed by atoms with E-state index in [1.807, 2.05) is 0 Å². The van der Waals surface area contributed by atoms with Crippen LogP contribution in [0.5, 0.6) is 0 Å². The molecule has 0 unspecified atom stereocenters. The molecule has 0 aliphatic rings. The number of alkyl halides is 2. The molecule has 1 aromatic heterocycles. The summed E-state index contributed by atoms with van der Waals surface area (Å²) in [7, 11) is 0. The van der Waals surface area contributed by atoms with Gasteiger partial charge in [-0.05, 0) is 31.4 Å². The van der Waals surface area contributed by atoms with E-state index in [4.69, 9.17) is 5.11 Å². The van der Waals surface area contributed by atoms with E-state index in [9.17, 15) is 23.7 Å². The lowest BCUT2D eigenvalue weighted by Crippen LogP contribution is -2.06. The lowest BCUT2D eigenvalue weighted by molar-refractivity contribution is -0.389. The van der Waals surface area contributed by atoms with E-state index < -0.39 is 35.3 Å². The summed E-state index contributed by atoms with van der Waals surface area (Å²) in [6.07, 6.45) is -3.64. The summed E-state index contributed by atoms with van der Waals surface area (Å²) in [5, 5.41) is 19.0. The van der Waals surface area contributed by atoms with Crippen molar-refractivity contribution >= 4 is 27.7 Å². The molecule has 9 heteroatoms. The Bertz CT molecular complexity index is 481. The minimum Gasteiger partial charge on any atom is -0.481 e. The predicted molar refractivity (Wildman–Crippen MR) is 54.9 cm³/mol. The quantitative estimate of drug-likeness (QED) is 0.680. The third-order valence-corrected chi connectivity index (χ3v) is 2.70. The number of nitro groups is 1. The first-order chi connectivity index (χ1) is 7.82. The van der Waals surface area contributed by atoms with Crippen LogP contribution < -0.4 is 0 Å². The van der Waals surface area contributed by atoms with Gasteiger partial charge in [-0.25, -0.2) is 8.78 Å². The maximum absolute atomic E-state index is 12.5. The molecule has 0 saturated heterocycles. The van der Waals surface area contributed by atoms with Crippen molar-refractivity contribution in [3.63, 3.8) is 0 Å². The monoisotopic (exact) mass is 310 g/mol. The Hall–Kier alpha value is -1.64. The fraction of sp³-hybridized carbons (Fsp3) is 0.250. The van der Waals surface area contributed by atoms with Crippen molar-refractivity contribution in [3.8, 4) is 0 Å². The highest BCUT2D eigenvalue weighted by molar-refractivity contribution is 9.10. The van der Waals surface area contributed by atoms with Crippen molar-refractivity contribution < 1.29 is 23.6 Å². The lowest BCUT2D eigenvalue weighted by Gasteiger charge is -2.04. The minimum absolute atomic E-state index is 0.116. The average molecular weight is 311 g/mol. The number of rotatable bonds is 4. The van der Waals surface area contributed by atoms with Crippen LogP contribution >= 0.6 is 15.9 Å². The van der Waals surface area contributed by atoms with Crippen molar-refractivity contribution in [2.45, 2.75) is 12.8 Å². The van der Waals surface area contributed by atoms with Crippen molar-refractivity contribution in [3.05, 3.63) is 31.9 Å². The van der Waals surface area contributed by atoms with Crippen LogP contribution in [0.3, 0.4) is 0 Å². The molecule has 17 heavy (non-hydrogen) atoms. The number of aliphatic carboxylic acids is 1. The Kier molecular flexibility index (Phi) is 4.05. The van der Waals surface area contributed by atoms with E-state index in [0.717, 1.165) is 6.07 Å². The normalized spacial score (nSPS) is 10.6. The van der Waals surface area contributed by atoms with Crippen LogP contribution in [0, 0.1) is 10.1 Å². The van der Waals surface area contributed by atoms with Crippen LogP contribution in [0.1, 0.15) is 17.7 Å². The fourth-order valence-corrected chi connectivity index (χ4v) is 1.63. The molecule has 6 nitrogen and oxygen atoms in total. The highest BCUT2D eigenvalue weighted by Crippen LogP contribution is 2.31. The van der Waals surface area contributed by atoms with Crippen LogP contribution in [0.25, 0.3) is 0 Å². The topological polar surface area (TPSA) is 93.3 Å². The first-order valence-corrected chi connectivity index (χ1v) is 4.96. The molecule has 0 aliphatic carbocycles. The molecule has 0 saturated carbocycles. The van der Waals surface area contributed by atoms with Crippen molar-refractivity contribution in [1.82, 2.24) is 4.98 Å². The number of hydrogen-bond acceptors (Lipinski definition) is 4. The molecule has 92 valence electrons. The van der Waals surface area contributed by atoms with Gasteiger partial charge in [0.25, 0.3) is 0 Å². The van der Waals surface area contributed by atoms with Gasteiger partial charge in [0.15, 0.2) is 0 Å². The number of pyridine rings is 1. The first-order valence-electron chi connectivity index (χ1n) is 4.16.